The molecule has 0 amide bonds. The Morgan fingerprint density at radius 3 is 2.72 bits per heavy atom. The summed E-state index contributed by atoms with van der Waals surface area (Å²) in [7, 11) is 0. The summed E-state index contributed by atoms with van der Waals surface area (Å²) in [5.41, 5.74) is 0.832. The molecule has 1 fully saturated rings. The zero-order chi connectivity index (χ0) is 13.0. The zero-order valence-electron chi connectivity index (χ0n) is 11.1. The van der Waals surface area contributed by atoms with Gasteiger partial charge in [0.1, 0.15) is 11.9 Å². The van der Waals surface area contributed by atoms with Crippen molar-refractivity contribution in [3.05, 3.63) is 29.8 Å². The van der Waals surface area contributed by atoms with E-state index in [1.807, 2.05) is 38.1 Å². The Bertz CT molecular complexity index is 370. The second kappa shape index (κ2) is 6.21. The molecule has 18 heavy (non-hydrogen) atoms. The quantitative estimate of drug-likeness (QED) is 0.892. The summed E-state index contributed by atoms with van der Waals surface area (Å²) < 4.78 is 11.4. The first-order valence-corrected chi connectivity index (χ1v) is 6.73. The Kier molecular flexibility index (Phi) is 4.61. The van der Waals surface area contributed by atoms with Crippen molar-refractivity contribution in [2.24, 2.45) is 0 Å². The predicted octanol–water partition coefficient (Wildman–Crippen LogP) is 3.08. The lowest BCUT2D eigenvalue weighted by Crippen LogP contribution is -2.26. The Labute approximate surface area is 109 Å². The van der Waals surface area contributed by atoms with Crippen LogP contribution in [0, 0.1) is 0 Å². The third-order valence-corrected chi connectivity index (χ3v) is 3.17. The van der Waals surface area contributed by atoms with Gasteiger partial charge in [-0.25, -0.2) is 0 Å². The van der Waals surface area contributed by atoms with E-state index in [1.54, 1.807) is 0 Å². The molecule has 2 rings (SSSR count). The third-order valence-electron chi connectivity index (χ3n) is 3.17. The minimum atomic E-state index is -0.597. The fourth-order valence-corrected chi connectivity index (χ4v) is 2.30. The van der Waals surface area contributed by atoms with Crippen LogP contribution in [0.3, 0.4) is 0 Å². The van der Waals surface area contributed by atoms with Crippen molar-refractivity contribution in [1.29, 1.82) is 0 Å². The standard InChI is InChI=1S/C15H22O3/c1-11(2)18-13-8-4-3-7-12(13)15(16)14-9-5-6-10-17-14/h3-4,7-8,11,14-16H,5-6,9-10H2,1-2H3. The lowest BCUT2D eigenvalue weighted by atomic mass is 9.97. The molecule has 0 saturated carbocycles. The van der Waals surface area contributed by atoms with Gasteiger partial charge in [-0.1, -0.05) is 18.2 Å². The molecule has 100 valence electrons. The molecular weight excluding hydrogens is 228 g/mol. The van der Waals surface area contributed by atoms with E-state index in [9.17, 15) is 5.11 Å². The van der Waals surface area contributed by atoms with Crippen LogP contribution in [-0.2, 0) is 4.74 Å². The van der Waals surface area contributed by atoms with E-state index in [1.165, 1.54) is 0 Å². The monoisotopic (exact) mass is 250 g/mol. The van der Waals surface area contributed by atoms with E-state index in [0.29, 0.717) is 0 Å². The van der Waals surface area contributed by atoms with Gasteiger partial charge in [-0.15, -0.1) is 0 Å². The summed E-state index contributed by atoms with van der Waals surface area (Å²) >= 11 is 0. The van der Waals surface area contributed by atoms with Gasteiger partial charge in [-0.05, 0) is 39.2 Å². The van der Waals surface area contributed by atoms with E-state index in [-0.39, 0.29) is 12.2 Å². The molecular formula is C15H22O3. The van der Waals surface area contributed by atoms with Gasteiger partial charge in [0.25, 0.3) is 0 Å². The predicted molar refractivity (Wildman–Crippen MR) is 70.8 cm³/mol. The van der Waals surface area contributed by atoms with Crippen LogP contribution in [0.5, 0.6) is 5.75 Å². The molecule has 3 nitrogen and oxygen atoms in total. The van der Waals surface area contributed by atoms with Gasteiger partial charge in [0.15, 0.2) is 0 Å². The lowest BCUT2D eigenvalue weighted by molar-refractivity contribution is -0.0642. The van der Waals surface area contributed by atoms with E-state index in [4.69, 9.17) is 9.47 Å². The van der Waals surface area contributed by atoms with Crippen LogP contribution in [0.2, 0.25) is 0 Å². The van der Waals surface area contributed by atoms with Crippen molar-refractivity contribution in [2.45, 2.75) is 51.4 Å². The first kappa shape index (κ1) is 13.4. The van der Waals surface area contributed by atoms with Crippen LogP contribution in [0.4, 0.5) is 0 Å². The molecule has 0 spiro atoms. The second-order valence-electron chi connectivity index (χ2n) is 5.05. The van der Waals surface area contributed by atoms with E-state index >= 15 is 0 Å². The molecule has 2 atom stereocenters. The molecule has 1 aliphatic rings. The topological polar surface area (TPSA) is 38.7 Å². The van der Waals surface area contributed by atoms with E-state index in [0.717, 1.165) is 37.2 Å². The minimum absolute atomic E-state index is 0.101. The highest BCUT2D eigenvalue weighted by Gasteiger charge is 2.26. The largest absolute Gasteiger partial charge is 0.491 e. The normalized spacial score (nSPS) is 21.9. The van der Waals surface area contributed by atoms with Crippen LogP contribution in [0.15, 0.2) is 24.3 Å². The Hall–Kier alpha value is -1.06. The number of rotatable bonds is 4. The summed E-state index contributed by atoms with van der Waals surface area (Å²) in [6, 6.07) is 7.67. The summed E-state index contributed by atoms with van der Waals surface area (Å²) in [4.78, 5) is 0. The van der Waals surface area contributed by atoms with Crippen LogP contribution in [0.25, 0.3) is 0 Å². The number of aliphatic hydroxyl groups is 1. The van der Waals surface area contributed by atoms with Gasteiger partial charge in [0.2, 0.25) is 0 Å². The summed E-state index contributed by atoms with van der Waals surface area (Å²) in [6.07, 6.45) is 2.53. The lowest BCUT2D eigenvalue weighted by Gasteiger charge is -2.28. The molecule has 0 radical (unpaired) electrons. The summed E-state index contributed by atoms with van der Waals surface area (Å²) in [5, 5.41) is 10.4. The van der Waals surface area contributed by atoms with E-state index in [2.05, 4.69) is 0 Å². The van der Waals surface area contributed by atoms with Gasteiger partial charge in [-0.3, -0.25) is 0 Å². The van der Waals surface area contributed by atoms with Crippen molar-refractivity contribution in [2.75, 3.05) is 6.61 Å². The smallest absolute Gasteiger partial charge is 0.125 e. The number of benzene rings is 1. The van der Waals surface area contributed by atoms with Crippen LogP contribution in [0.1, 0.15) is 44.8 Å². The molecule has 0 bridgehead atoms. The van der Waals surface area contributed by atoms with Gasteiger partial charge >= 0.3 is 0 Å². The Morgan fingerprint density at radius 2 is 2.06 bits per heavy atom. The first-order valence-electron chi connectivity index (χ1n) is 6.73. The minimum Gasteiger partial charge on any atom is -0.491 e. The third kappa shape index (κ3) is 3.24. The fraction of sp³-hybridized carbons (Fsp3) is 0.600. The Morgan fingerprint density at radius 1 is 1.28 bits per heavy atom. The highest BCUT2D eigenvalue weighted by Crippen LogP contribution is 2.32. The maximum absolute atomic E-state index is 10.4. The van der Waals surface area contributed by atoms with Gasteiger partial charge < -0.3 is 14.6 Å². The second-order valence-corrected chi connectivity index (χ2v) is 5.05. The number of aliphatic hydroxyl groups excluding tert-OH is 1. The molecule has 1 heterocycles. The van der Waals surface area contributed by atoms with Crippen LogP contribution >= 0.6 is 0 Å². The maximum atomic E-state index is 10.4. The highest BCUT2D eigenvalue weighted by atomic mass is 16.5. The Balaban J connectivity index is 2.15. The van der Waals surface area contributed by atoms with Crippen molar-refractivity contribution < 1.29 is 14.6 Å². The van der Waals surface area contributed by atoms with Crippen molar-refractivity contribution >= 4 is 0 Å². The number of para-hydroxylation sites is 1. The highest BCUT2D eigenvalue weighted by molar-refractivity contribution is 5.35. The van der Waals surface area contributed by atoms with E-state index < -0.39 is 6.10 Å². The van der Waals surface area contributed by atoms with Crippen molar-refractivity contribution in [3.63, 3.8) is 0 Å². The van der Waals surface area contributed by atoms with Crippen molar-refractivity contribution in [3.8, 4) is 5.75 Å². The molecule has 1 N–H and O–H groups in total. The molecule has 0 aromatic heterocycles. The molecule has 1 aromatic carbocycles. The average Bonchev–Trinajstić information content (AvgIpc) is 2.39. The maximum Gasteiger partial charge on any atom is 0.125 e. The zero-order valence-corrected chi connectivity index (χ0v) is 11.1. The number of hydrogen-bond acceptors (Lipinski definition) is 3. The van der Waals surface area contributed by atoms with Crippen LogP contribution < -0.4 is 4.74 Å². The summed E-state index contributed by atoms with van der Waals surface area (Å²) in [6.45, 7) is 4.72. The molecule has 2 unspecified atom stereocenters. The number of hydrogen-bond donors (Lipinski definition) is 1. The number of ether oxygens (including phenoxy) is 2. The van der Waals surface area contributed by atoms with Crippen molar-refractivity contribution in [1.82, 2.24) is 0 Å². The molecule has 1 aliphatic heterocycles. The van der Waals surface area contributed by atoms with Gasteiger partial charge in [-0.2, -0.15) is 0 Å². The molecule has 1 aromatic rings. The molecule has 0 aliphatic carbocycles. The first-order chi connectivity index (χ1) is 8.68. The molecule has 3 heteroatoms. The fourth-order valence-electron chi connectivity index (χ4n) is 2.30. The SMILES string of the molecule is CC(C)Oc1ccccc1C(O)C1CCCCO1. The van der Waals surface area contributed by atoms with Crippen LogP contribution in [-0.4, -0.2) is 23.9 Å². The van der Waals surface area contributed by atoms with Gasteiger partial charge in [0, 0.05) is 12.2 Å². The summed E-state index contributed by atoms with van der Waals surface area (Å²) in [5.74, 6) is 0.758. The van der Waals surface area contributed by atoms with Gasteiger partial charge in [0.05, 0.1) is 12.2 Å². The molecule has 1 saturated heterocycles. The average molecular weight is 250 g/mol.